The van der Waals surface area contributed by atoms with Crippen LogP contribution in [0.25, 0.3) is 0 Å². The molecule has 0 amide bonds. The van der Waals surface area contributed by atoms with E-state index in [2.05, 4.69) is 10.3 Å². The number of hydrogen-bond donors (Lipinski definition) is 2. The molecule has 1 aromatic heterocycles. The third-order valence-corrected chi connectivity index (χ3v) is 2.88. The second-order valence-electron chi connectivity index (χ2n) is 3.94. The lowest BCUT2D eigenvalue weighted by molar-refractivity contribution is 0.0601. The van der Waals surface area contributed by atoms with E-state index >= 15 is 0 Å². The maximum absolute atomic E-state index is 11.7. The van der Waals surface area contributed by atoms with Gasteiger partial charge in [-0.1, -0.05) is 23.2 Å². The molecule has 7 heteroatoms. The first kappa shape index (κ1) is 14.4. The monoisotopic (exact) mass is 311 g/mol. The van der Waals surface area contributed by atoms with Gasteiger partial charge >= 0.3 is 5.97 Å². The summed E-state index contributed by atoms with van der Waals surface area (Å²) in [4.78, 5) is 15.8. The van der Waals surface area contributed by atoms with Gasteiger partial charge in [-0.3, -0.25) is 0 Å². The highest BCUT2D eigenvalue weighted by Crippen LogP contribution is 2.26. The van der Waals surface area contributed by atoms with Crippen molar-refractivity contribution in [2.45, 2.75) is 0 Å². The molecule has 104 valence electrons. The Kier molecular flexibility index (Phi) is 4.32. The fourth-order valence-corrected chi connectivity index (χ4v) is 2.13. The van der Waals surface area contributed by atoms with Crippen LogP contribution in [0.1, 0.15) is 10.4 Å². The van der Waals surface area contributed by atoms with Crippen LogP contribution in [-0.4, -0.2) is 18.1 Å². The number of nitrogens with one attached hydrogen (secondary N) is 1. The number of hydrogen-bond acceptors (Lipinski definition) is 5. The first-order valence-electron chi connectivity index (χ1n) is 5.56. The summed E-state index contributed by atoms with van der Waals surface area (Å²) in [5.41, 5.74) is 6.81. The minimum absolute atomic E-state index is 0.226. The number of anilines is 3. The van der Waals surface area contributed by atoms with Crippen LogP contribution in [0.2, 0.25) is 10.0 Å². The lowest BCUT2D eigenvalue weighted by atomic mass is 10.2. The average Bonchev–Trinajstić information content (AvgIpc) is 2.38. The summed E-state index contributed by atoms with van der Waals surface area (Å²) in [7, 11) is 1.28. The van der Waals surface area contributed by atoms with Crippen LogP contribution in [0.4, 0.5) is 17.2 Å². The van der Waals surface area contributed by atoms with E-state index in [4.69, 9.17) is 33.7 Å². The van der Waals surface area contributed by atoms with Crippen molar-refractivity contribution in [1.29, 1.82) is 0 Å². The van der Waals surface area contributed by atoms with Gasteiger partial charge in [-0.2, -0.15) is 0 Å². The second-order valence-corrected chi connectivity index (χ2v) is 4.81. The molecule has 0 saturated carbocycles. The van der Waals surface area contributed by atoms with Crippen LogP contribution in [0.15, 0.2) is 30.5 Å². The zero-order chi connectivity index (χ0) is 14.7. The first-order chi connectivity index (χ1) is 9.49. The van der Waals surface area contributed by atoms with E-state index in [0.29, 0.717) is 27.2 Å². The topological polar surface area (TPSA) is 77.2 Å². The molecule has 0 aliphatic heterocycles. The van der Waals surface area contributed by atoms with Gasteiger partial charge in [0.05, 0.1) is 19.0 Å². The predicted molar refractivity (Wildman–Crippen MR) is 79.7 cm³/mol. The molecule has 0 bridgehead atoms. The number of benzene rings is 1. The number of nitrogens with two attached hydrogens (primary N) is 1. The van der Waals surface area contributed by atoms with Crippen molar-refractivity contribution in [3.63, 3.8) is 0 Å². The number of carbonyl (C=O) groups is 1. The summed E-state index contributed by atoms with van der Waals surface area (Å²) in [6, 6.07) is 6.40. The maximum Gasteiger partial charge on any atom is 0.341 e. The molecule has 2 rings (SSSR count). The van der Waals surface area contributed by atoms with Gasteiger partial charge in [0.1, 0.15) is 11.4 Å². The van der Waals surface area contributed by atoms with Gasteiger partial charge in [-0.05, 0) is 24.3 Å². The molecule has 3 N–H and O–H groups in total. The number of ether oxygens (including phenoxy) is 1. The molecule has 0 aliphatic carbocycles. The Hall–Kier alpha value is -1.98. The fourth-order valence-electron chi connectivity index (χ4n) is 1.61. The van der Waals surface area contributed by atoms with Gasteiger partial charge in [0, 0.05) is 15.7 Å². The van der Waals surface area contributed by atoms with Gasteiger partial charge in [0.15, 0.2) is 0 Å². The van der Waals surface area contributed by atoms with E-state index in [9.17, 15) is 4.79 Å². The number of methoxy groups -OCH3 is 1. The van der Waals surface area contributed by atoms with E-state index in [1.54, 1.807) is 18.2 Å². The third kappa shape index (κ3) is 3.31. The first-order valence-corrected chi connectivity index (χ1v) is 6.32. The zero-order valence-electron chi connectivity index (χ0n) is 10.5. The quantitative estimate of drug-likeness (QED) is 0.848. The number of aromatic nitrogens is 1. The van der Waals surface area contributed by atoms with Crippen molar-refractivity contribution in [2.75, 3.05) is 18.2 Å². The molecule has 0 spiro atoms. The highest BCUT2D eigenvalue weighted by molar-refractivity contribution is 6.35. The fraction of sp³-hybridized carbons (Fsp3) is 0.0769. The molecule has 1 heterocycles. The van der Waals surface area contributed by atoms with Crippen LogP contribution in [0.3, 0.4) is 0 Å². The minimum atomic E-state index is -0.541. The molecule has 5 nitrogen and oxygen atoms in total. The largest absolute Gasteiger partial charge is 0.465 e. The Balaban J connectivity index is 2.40. The Morgan fingerprint density at radius 3 is 2.50 bits per heavy atom. The Bertz CT molecular complexity index is 642. The number of esters is 1. The normalized spacial score (nSPS) is 10.2. The summed E-state index contributed by atoms with van der Waals surface area (Å²) >= 11 is 11.8. The highest BCUT2D eigenvalue weighted by atomic mass is 35.5. The van der Waals surface area contributed by atoms with E-state index in [-0.39, 0.29) is 5.56 Å². The number of rotatable bonds is 3. The summed E-state index contributed by atoms with van der Waals surface area (Å²) in [6.45, 7) is 0. The number of pyridine rings is 1. The standard InChI is InChI=1S/C13H11Cl2N3O2/c1-20-13(19)11-5-9(16)6-17-12(11)18-10-3-7(14)2-8(15)4-10/h2-6H,16H2,1H3,(H,17,18). The maximum atomic E-state index is 11.7. The van der Waals surface area contributed by atoms with Crippen molar-refractivity contribution in [3.05, 3.63) is 46.1 Å². The third-order valence-electron chi connectivity index (χ3n) is 2.44. The molecule has 0 saturated heterocycles. The molecule has 0 fully saturated rings. The number of carbonyl (C=O) groups excluding carboxylic acids is 1. The molecule has 0 aliphatic rings. The Morgan fingerprint density at radius 2 is 1.90 bits per heavy atom. The SMILES string of the molecule is COC(=O)c1cc(N)cnc1Nc1cc(Cl)cc(Cl)c1. The van der Waals surface area contributed by atoms with Gasteiger partial charge in [-0.15, -0.1) is 0 Å². The van der Waals surface area contributed by atoms with Gasteiger partial charge in [0.2, 0.25) is 0 Å². The Morgan fingerprint density at radius 1 is 1.25 bits per heavy atom. The van der Waals surface area contributed by atoms with Crippen molar-refractivity contribution in [2.24, 2.45) is 0 Å². The lowest BCUT2D eigenvalue weighted by Crippen LogP contribution is -2.08. The number of halogens is 2. The molecule has 0 radical (unpaired) electrons. The van der Waals surface area contributed by atoms with E-state index in [1.807, 2.05) is 0 Å². The van der Waals surface area contributed by atoms with Crippen LogP contribution < -0.4 is 11.1 Å². The van der Waals surface area contributed by atoms with Crippen LogP contribution in [-0.2, 0) is 4.74 Å². The van der Waals surface area contributed by atoms with Gasteiger partial charge in [-0.25, -0.2) is 9.78 Å². The Labute approximate surface area is 125 Å². The smallest absolute Gasteiger partial charge is 0.341 e. The molecule has 20 heavy (non-hydrogen) atoms. The van der Waals surface area contributed by atoms with E-state index in [0.717, 1.165) is 0 Å². The average molecular weight is 312 g/mol. The van der Waals surface area contributed by atoms with Crippen LogP contribution in [0.5, 0.6) is 0 Å². The van der Waals surface area contributed by atoms with Crippen LogP contribution in [0, 0.1) is 0 Å². The second kappa shape index (κ2) is 5.98. The summed E-state index contributed by atoms with van der Waals surface area (Å²) in [5, 5.41) is 3.90. The summed E-state index contributed by atoms with van der Waals surface area (Å²) < 4.78 is 4.69. The highest BCUT2D eigenvalue weighted by Gasteiger charge is 2.14. The van der Waals surface area contributed by atoms with Crippen molar-refractivity contribution in [1.82, 2.24) is 4.98 Å². The lowest BCUT2D eigenvalue weighted by Gasteiger charge is -2.11. The van der Waals surface area contributed by atoms with Crippen molar-refractivity contribution >= 4 is 46.4 Å². The van der Waals surface area contributed by atoms with Gasteiger partial charge < -0.3 is 15.8 Å². The minimum Gasteiger partial charge on any atom is -0.465 e. The summed E-state index contributed by atoms with van der Waals surface area (Å²) in [5.74, 6) is -0.232. The molecular formula is C13H11Cl2N3O2. The molecule has 2 aromatic rings. The zero-order valence-corrected chi connectivity index (χ0v) is 12.0. The molecule has 0 unspecified atom stereocenters. The number of nitrogen functional groups attached to an aromatic ring is 1. The molecule has 1 aromatic carbocycles. The predicted octanol–water partition coefficient (Wildman–Crippen LogP) is 3.50. The van der Waals surface area contributed by atoms with Gasteiger partial charge in [0.25, 0.3) is 0 Å². The van der Waals surface area contributed by atoms with Crippen molar-refractivity contribution in [3.8, 4) is 0 Å². The number of nitrogens with zero attached hydrogens (tertiary/aromatic N) is 1. The molecule has 0 atom stereocenters. The van der Waals surface area contributed by atoms with Crippen LogP contribution >= 0.6 is 23.2 Å². The van der Waals surface area contributed by atoms with Crippen molar-refractivity contribution < 1.29 is 9.53 Å². The summed E-state index contributed by atoms with van der Waals surface area (Å²) in [6.07, 6.45) is 1.43. The van der Waals surface area contributed by atoms with E-state index < -0.39 is 5.97 Å². The molecular weight excluding hydrogens is 301 g/mol. The van der Waals surface area contributed by atoms with E-state index in [1.165, 1.54) is 19.4 Å².